The van der Waals surface area contributed by atoms with Crippen LogP contribution in [0, 0.1) is 0 Å². The van der Waals surface area contributed by atoms with Crippen molar-refractivity contribution in [2.75, 3.05) is 13.7 Å². The monoisotopic (exact) mass is 435 g/mol. The number of rotatable bonds is 5. The highest BCUT2D eigenvalue weighted by atomic mass is 32.1. The molecule has 0 spiro atoms. The standard InChI is InChI=1S/C23H21N3O4S/c1-4-30-22(28)19-14(2)25-23-26(20(19)16-8-5-9-17(12-16)29-3)21(27)18(31-23)11-15-7-6-10-24-13-15/h5-13,20H,4H2,1-3H3. The third-order valence-corrected chi connectivity index (χ3v) is 5.89. The van der Waals surface area contributed by atoms with Gasteiger partial charge in [-0.05, 0) is 49.2 Å². The van der Waals surface area contributed by atoms with Crippen molar-refractivity contribution >= 4 is 23.4 Å². The summed E-state index contributed by atoms with van der Waals surface area (Å²) in [5.41, 5.74) is 2.20. The summed E-state index contributed by atoms with van der Waals surface area (Å²) in [4.78, 5) is 35.5. The van der Waals surface area contributed by atoms with Crippen molar-refractivity contribution in [2.45, 2.75) is 19.9 Å². The van der Waals surface area contributed by atoms with Crippen LogP contribution in [-0.4, -0.2) is 29.2 Å². The van der Waals surface area contributed by atoms with E-state index in [0.717, 1.165) is 11.1 Å². The fourth-order valence-corrected chi connectivity index (χ4v) is 4.58. The molecule has 0 bridgehead atoms. The predicted molar refractivity (Wildman–Crippen MR) is 118 cm³/mol. The Morgan fingerprint density at radius 2 is 2.13 bits per heavy atom. The van der Waals surface area contributed by atoms with Crippen molar-refractivity contribution in [1.82, 2.24) is 9.55 Å². The maximum atomic E-state index is 13.4. The summed E-state index contributed by atoms with van der Waals surface area (Å²) in [5, 5.41) is 0. The fourth-order valence-electron chi connectivity index (χ4n) is 3.53. The van der Waals surface area contributed by atoms with E-state index < -0.39 is 12.0 Å². The first-order valence-electron chi connectivity index (χ1n) is 9.77. The molecule has 1 unspecified atom stereocenters. The molecule has 1 atom stereocenters. The summed E-state index contributed by atoms with van der Waals surface area (Å²) in [6.45, 7) is 3.74. The van der Waals surface area contributed by atoms with Gasteiger partial charge in [0.15, 0.2) is 4.80 Å². The molecule has 0 amide bonds. The number of aromatic nitrogens is 2. The van der Waals surface area contributed by atoms with Crippen LogP contribution in [0.15, 0.2) is 69.8 Å². The van der Waals surface area contributed by atoms with Gasteiger partial charge >= 0.3 is 5.97 Å². The Morgan fingerprint density at radius 3 is 2.84 bits per heavy atom. The summed E-state index contributed by atoms with van der Waals surface area (Å²) in [5.74, 6) is 0.144. The molecule has 3 heterocycles. The second kappa shape index (κ2) is 8.69. The number of benzene rings is 1. The molecule has 1 aliphatic heterocycles. The largest absolute Gasteiger partial charge is 0.497 e. The number of nitrogens with zero attached hydrogens (tertiary/aromatic N) is 3. The second-order valence-electron chi connectivity index (χ2n) is 6.87. The molecule has 0 N–H and O–H groups in total. The lowest BCUT2D eigenvalue weighted by Crippen LogP contribution is -2.39. The van der Waals surface area contributed by atoms with Crippen LogP contribution in [0.5, 0.6) is 5.75 Å². The summed E-state index contributed by atoms with van der Waals surface area (Å²) in [6.07, 6.45) is 5.15. The topological polar surface area (TPSA) is 82.8 Å². The van der Waals surface area contributed by atoms with Gasteiger partial charge in [-0.3, -0.25) is 14.3 Å². The van der Waals surface area contributed by atoms with Crippen molar-refractivity contribution in [3.63, 3.8) is 0 Å². The van der Waals surface area contributed by atoms with E-state index in [2.05, 4.69) is 9.98 Å². The smallest absolute Gasteiger partial charge is 0.338 e. The summed E-state index contributed by atoms with van der Waals surface area (Å²) in [7, 11) is 1.58. The maximum Gasteiger partial charge on any atom is 0.338 e. The molecule has 0 radical (unpaired) electrons. The lowest BCUT2D eigenvalue weighted by atomic mass is 9.95. The van der Waals surface area contributed by atoms with Gasteiger partial charge in [-0.1, -0.05) is 29.5 Å². The number of carbonyl (C=O) groups is 1. The number of pyridine rings is 1. The van der Waals surface area contributed by atoms with Gasteiger partial charge in [-0.25, -0.2) is 9.79 Å². The van der Waals surface area contributed by atoms with Gasteiger partial charge in [-0.15, -0.1) is 0 Å². The van der Waals surface area contributed by atoms with E-state index in [-0.39, 0.29) is 12.2 Å². The average Bonchev–Trinajstić information content (AvgIpc) is 3.08. The number of carbonyl (C=O) groups excluding carboxylic acids is 1. The van der Waals surface area contributed by atoms with Crippen LogP contribution in [0.4, 0.5) is 0 Å². The number of ether oxygens (including phenoxy) is 2. The quantitative estimate of drug-likeness (QED) is 0.574. The number of esters is 1. The van der Waals surface area contributed by atoms with Crippen LogP contribution < -0.4 is 19.6 Å². The molecule has 0 aliphatic carbocycles. The van der Waals surface area contributed by atoms with Gasteiger partial charge in [0.2, 0.25) is 0 Å². The van der Waals surface area contributed by atoms with E-state index in [1.54, 1.807) is 44.0 Å². The molecule has 8 heteroatoms. The van der Waals surface area contributed by atoms with Crippen molar-refractivity contribution < 1.29 is 14.3 Å². The first-order valence-corrected chi connectivity index (χ1v) is 10.6. The molecule has 0 fully saturated rings. The SMILES string of the molecule is CCOC(=O)C1=C(C)N=c2sc(=Cc3cccnc3)c(=O)n2C1c1cccc(OC)c1. The van der Waals surface area contributed by atoms with E-state index in [4.69, 9.17) is 9.47 Å². The van der Waals surface area contributed by atoms with Crippen molar-refractivity contribution in [3.8, 4) is 5.75 Å². The molecule has 0 saturated carbocycles. The Bertz CT molecular complexity index is 1340. The predicted octanol–water partition coefficient (Wildman–Crippen LogP) is 2.20. The van der Waals surface area contributed by atoms with Crippen LogP contribution in [-0.2, 0) is 9.53 Å². The normalized spacial score (nSPS) is 16.0. The fraction of sp³-hybridized carbons (Fsp3) is 0.217. The Morgan fingerprint density at radius 1 is 1.29 bits per heavy atom. The minimum absolute atomic E-state index is 0.227. The minimum Gasteiger partial charge on any atom is -0.497 e. The van der Waals surface area contributed by atoms with Crippen LogP contribution in [0.2, 0.25) is 0 Å². The van der Waals surface area contributed by atoms with Gasteiger partial charge in [0.25, 0.3) is 5.56 Å². The Labute approximate surface area is 182 Å². The zero-order valence-electron chi connectivity index (χ0n) is 17.4. The van der Waals surface area contributed by atoms with Crippen LogP contribution in [0.1, 0.15) is 31.0 Å². The first kappa shape index (κ1) is 20.7. The van der Waals surface area contributed by atoms with Crippen LogP contribution in [0.25, 0.3) is 6.08 Å². The molecule has 3 aromatic rings. The molecule has 1 aromatic carbocycles. The van der Waals surface area contributed by atoms with E-state index >= 15 is 0 Å². The summed E-state index contributed by atoms with van der Waals surface area (Å²) < 4.78 is 12.7. The van der Waals surface area contributed by atoms with Crippen molar-refractivity contribution in [2.24, 2.45) is 4.99 Å². The van der Waals surface area contributed by atoms with Gasteiger partial charge in [-0.2, -0.15) is 0 Å². The second-order valence-corrected chi connectivity index (χ2v) is 7.87. The highest BCUT2D eigenvalue weighted by Gasteiger charge is 2.33. The van der Waals surface area contributed by atoms with E-state index in [1.807, 2.05) is 36.4 Å². The minimum atomic E-state index is -0.665. The number of methoxy groups -OCH3 is 1. The van der Waals surface area contributed by atoms with Crippen LogP contribution in [0.3, 0.4) is 0 Å². The number of hydrogen-bond donors (Lipinski definition) is 0. The van der Waals surface area contributed by atoms with Crippen molar-refractivity contribution in [1.29, 1.82) is 0 Å². The average molecular weight is 436 g/mol. The molecular weight excluding hydrogens is 414 g/mol. The Balaban J connectivity index is 1.97. The summed E-state index contributed by atoms with van der Waals surface area (Å²) >= 11 is 1.28. The van der Waals surface area contributed by atoms with E-state index in [1.165, 1.54) is 11.3 Å². The lowest BCUT2D eigenvalue weighted by molar-refractivity contribution is -0.139. The molecule has 1 aliphatic rings. The molecular formula is C23H21N3O4S. The lowest BCUT2D eigenvalue weighted by Gasteiger charge is -2.25. The van der Waals surface area contributed by atoms with Crippen molar-refractivity contribution in [3.05, 3.63) is 90.9 Å². The van der Waals surface area contributed by atoms with Gasteiger partial charge in [0.05, 0.1) is 35.6 Å². The number of allylic oxidation sites excluding steroid dienone is 1. The van der Waals surface area contributed by atoms with E-state index in [9.17, 15) is 9.59 Å². The molecule has 4 rings (SSSR count). The maximum absolute atomic E-state index is 13.4. The molecule has 2 aromatic heterocycles. The number of hydrogen-bond acceptors (Lipinski definition) is 7. The third kappa shape index (κ3) is 3.94. The highest BCUT2D eigenvalue weighted by Crippen LogP contribution is 2.32. The zero-order valence-corrected chi connectivity index (χ0v) is 18.2. The highest BCUT2D eigenvalue weighted by molar-refractivity contribution is 7.07. The molecule has 31 heavy (non-hydrogen) atoms. The zero-order chi connectivity index (χ0) is 22.0. The molecule has 0 saturated heterocycles. The first-order chi connectivity index (χ1) is 15.0. The summed E-state index contributed by atoms with van der Waals surface area (Å²) in [6, 6.07) is 10.4. The Hall–Kier alpha value is -3.52. The van der Waals surface area contributed by atoms with Crippen LogP contribution >= 0.6 is 11.3 Å². The number of fused-ring (bicyclic) bond motifs is 1. The van der Waals surface area contributed by atoms with Gasteiger partial charge in [0, 0.05) is 12.4 Å². The Kier molecular flexibility index (Phi) is 5.81. The number of thiazole rings is 1. The van der Waals surface area contributed by atoms with Gasteiger partial charge in [0.1, 0.15) is 5.75 Å². The molecule has 158 valence electrons. The molecule has 7 nitrogen and oxygen atoms in total. The van der Waals surface area contributed by atoms with E-state index in [0.29, 0.717) is 26.4 Å². The van der Waals surface area contributed by atoms with Gasteiger partial charge < -0.3 is 9.47 Å². The third-order valence-electron chi connectivity index (χ3n) is 4.91.